The summed E-state index contributed by atoms with van der Waals surface area (Å²) in [5, 5.41) is 3.84. The van der Waals surface area contributed by atoms with Crippen LogP contribution in [-0.4, -0.2) is 21.6 Å². The summed E-state index contributed by atoms with van der Waals surface area (Å²) in [7, 11) is 1.82. The first-order chi connectivity index (χ1) is 14.5. The van der Waals surface area contributed by atoms with Crippen LogP contribution in [0.5, 0.6) is 5.75 Å². The number of hydrogen-bond acceptors (Lipinski definition) is 3. The number of nitrogens with zero attached hydrogens (tertiary/aromatic N) is 2. The van der Waals surface area contributed by atoms with Crippen LogP contribution in [0.25, 0.3) is 10.9 Å². The van der Waals surface area contributed by atoms with E-state index in [0.29, 0.717) is 5.69 Å². The Bertz CT molecular complexity index is 1260. The van der Waals surface area contributed by atoms with Gasteiger partial charge in [0.1, 0.15) is 0 Å². The number of carbonyl (C=O) groups excluding carboxylic acids is 1. The van der Waals surface area contributed by atoms with Crippen molar-refractivity contribution >= 4 is 22.5 Å². The molecule has 2 heterocycles. The van der Waals surface area contributed by atoms with E-state index in [2.05, 4.69) is 22.0 Å². The number of rotatable bonds is 6. The van der Waals surface area contributed by atoms with E-state index in [1.165, 1.54) is 11.6 Å². The van der Waals surface area contributed by atoms with Crippen molar-refractivity contribution in [3.8, 4) is 5.75 Å². The van der Waals surface area contributed by atoms with E-state index >= 15 is 0 Å². The number of carbonyl (C=O) groups is 1. The number of anilines is 1. The summed E-state index contributed by atoms with van der Waals surface area (Å²) in [6.07, 6.45) is 3.61. The molecule has 6 heteroatoms. The van der Waals surface area contributed by atoms with Crippen LogP contribution in [0.1, 0.15) is 11.3 Å². The highest BCUT2D eigenvalue weighted by molar-refractivity contribution is 6.02. The Morgan fingerprint density at radius 2 is 1.87 bits per heavy atom. The second kappa shape index (κ2) is 8.29. The van der Waals surface area contributed by atoms with Crippen LogP contribution in [0.15, 0.2) is 77.9 Å². The number of nitrogens with one attached hydrogen (secondary N) is 1. The van der Waals surface area contributed by atoms with Crippen molar-refractivity contribution in [1.82, 2.24) is 9.13 Å². The molecule has 0 bridgehead atoms. The minimum Gasteiger partial charge on any atom is -0.478 e. The van der Waals surface area contributed by atoms with E-state index in [9.17, 15) is 9.59 Å². The monoisotopic (exact) mass is 401 g/mol. The zero-order valence-corrected chi connectivity index (χ0v) is 17.0. The predicted octanol–water partition coefficient (Wildman–Crippen LogP) is 3.71. The molecule has 0 aliphatic heterocycles. The van der Waals surface area contributed by atoms with Gasteiger partial charge in [-0.1, -0.05) is 36.4 Å². The lowest BCUT2D eigenvalue weighted by atomic mass is 10.2. The smallest absolute Gasteiger partial charge is 0.262 e. The van der Waals surface area contributed by atoms with E-state index in [1.54, 1.807) is 10.8 Å². The molecule has 0 atom stereocenters. The minimum absolute atomic E-state index is 0.158. The highest BCUT2D eigenvalue weighted by Crippen LogP contribution is 2.25. The van der Waals surface area contributed by atoms with Crippen molar-refractivity contribution in [2.24, 2.45) is 7.05 Å². The van der Waals surface area contributed by atoms with Gasteiger partial charge in [0, 0.05) is 43.1 Å². The van der Waals surface area contributed by atoms with Gasteiger partial charge < -0.3 is 19.2 Å². The Kier molecular flexibility index (Phi) is 5.39. The molecule has 30 heavy (non-hydrogen) atoms. The number of benzene rings is 2. The summed E-state index contributed by atoms with van der Waals surface area (Å²) in [5.41, 5.74) is 3.54. The molecule has 0 aliphatic carbocycles. The van der Waals surface area contributed by atoms with Crippen molar-refractivity contribution in [2.45, 2.75) is 13.5 Å². The number of ether oxygens (including phenoxy) is 1. The number of amides is 1. The van der Waals surface area contributed by atoms with Crippen molar-refractivity contribution in [3.05, 3.63) is 94.5 Å². The number of pyridine rings is 1. The molecular weight excluding hydrogens is 378 g/mol. The lowest BCUT2D eigenvalue weighted by molar-refractivity contribution is -0.118. The largest absolute Gasteiger partial charge is 0.478 e. The fraction of sp³-hybridized carbons (Fsp3) is 0.167. The fourth-order valence-electron chi connectivity index (χ4n) is 3.39. The highest BCUT2D eigenvalue weighted by atomic mass is 16.5. The highest BCUT2D eigenvalue weighted by Gasteiger charge is 2.11. The van der Waals surface area contributed by atoms with Crippen molar-refractivity contribution in [3.63, 3.8) is 0 Å². The minimum atomic E-state index is -0.319. The average Bonchev–Trinajstić information content (AvgIpc) is 3.14. The molecule has 4 aromatic rings. The van der Waals surface area contributed by atoms with E-state index in [4.69, 9.17) is 4.74 Å². The third-order valence-corrected chi connectivity index (χ3v) is 5.09. The third kappa shape index (κ3) is 4.12. The molecule has 0 saturated carbocycles. The van der Waals surface area contributed by atoms with Gasteiger partial charge >= 0.3 is 0 Å². The summed E-state index contributed by atoms with van der Waals surface area (Å²) >= 11 is 0. The van der Waals surface area contributed by atoms with E-state index in [1.807, 2.05) is 62.6 Å². The molecule has 1 N–H and O–H groups in total. The number of aryl methyl sites for hydroxylation is 2. The lowest BCUT2D eigenvalue weighted by Gasteiger charge is -2.11. The molecule has 0 spiro atoms. The summed E-state index contributed by atoms with van der Waals surface area (Å²) in [6, 6.07) is 19.5. The molecule has 0 unspecified atom stereocenters. The molecule has 2 aromatic heterocycles. The zero-order chi connectivity index (χ0) is 21.1. The first kappa shape index (κ1) is 19.5. The van der Waals surface area contributed by atoms with Crippen molar-refractivity contribution in [1.29, 1.82) is 0 Å². The van der Waals surface area contributed by atoms with Gasteiger partial charge in [0.25, 0.3) is 5.91 Å². The second-order valence-electron chi connectivity index (χ2n) is 7.26. The third-order valence-electron chi connectivity index (χ3n) is 5.09. The molecule has 6 nitrogen and oxygen atoms in total. The van der Waals surface area contributed by atoms with E-state index in [0.717, 1.165) is 23.1 Å². The number of aromatic nitrogens is 2. The van der Waals surface area contributed by atoms with Crippen LogP contribution in [0.3, 0.4) is 0 Å². The van der Waals surface area contributed by atoms with Crippen LogP contribution in [0.2, 0.25) is 0 Å². The predicted molar refractivity (Wildman–Crippen MR) is 118 cm³/mol. The van der Waals surface area contributed by atoms with Gasteiger partial charge in [-0.15, -0.1) is 0 Å². The van der Waals surface area contributed by atoms with Crippen molar-refractivity contribution in [2.75, 3.05) is 11.9 Å². The first-order valence-corrected chi connectivity index (χ1v) is 9.73. The summed E-state index contributed by atoms with van der Waals surface area (Å²) < 4.78 is 9.38. The van der Waals surface area contributed by atoms with Gasteiger partial charge in [-0.25, -0.2) is 0 Å². The SMILES string of the molecule is Cc1cc(=O)c(OCC(=O)Nc2cccc3c2ccn3Cc2ccccc2)cn1C. The van der Waals surface area contributed by atoms with Gasteiger partial charge in [-0.2, -0.15) is 0 Å². The summed E-state index contributed by atoms with van der Waals surface area (Å²) in [4.78, 5) is 24.5. The molecule has 4 rings (SSSR count). The summed E-state index contributed by atoms with van der Waals surface area (Å²) in [6.45, 7) is 2.35. The Balaban J connectivity index is 1.48. The van der Waals surface area contributed by atoms with Crippen LogP contribution in [0, 0.1) is 6.92 Å². The molecule has 0 saturated heterocycles. The zero-order valence-electron chi connectivity index (χ0n) is 17.0. The lowest BCUT2D eigenvalue weighted by Crippen LogP contribution is -2.22. The molecule has 2 aromatic carbocycles. The Morgan fingerprint density at radius 3 is 2.67 bits per heavy atom. The van der Waals surface area contributed by atoms with Gasteiger partial charge in [0.2, 0.25) is 5.43 Å². The van der Waals surface area contributed by atoms with Crippen LogP contribution in [0.4, 0.5) is 5.69 Å². The first-order valence-electron chi connectivity index (χ1n) is 9.73. The maximum Gasteiger partial charge on any atom is 0.262 e. The Morgan fingerprint density at radius 1 is 1.07 bits per heavy atom. The van der Waals surface area contributed by atoms with Crippen LogP contribution in [-0.2, 0) is 18.4 Å². The van der Waals surface area contributed by atoms with Crippen LogP contribution < -0.4 is 15.5 Å². The Labute approximate surface area is 174 Å². The molecule has 152 valence electrons. The van der Waals surface area contributed by atoms with Gasteiger partial charge in [0.05, 0.1) is 11.2 Å². The van der Waals surface area contributed by atoms with Crippen molar-refractivity contribution < 1.29 is 9.53 Å². The van der Waals surface area contributed by atoms with Crippen LogP contribution >= 0.6 is 0 Å². The molecule has 0 aliphatic rings. The van der Waals surface area contributed by atoms with Gasteiger partial charge in [-0.3, -0.25) is 9.59 Å². The summed E-state index contributed by atoms with van der Waals surface area (Å²) in [5.74, 6) is -0.161. The molecule has 0 radical (unpaired) electrons. The molecule has 0 fully saturated rings. The number of fused-ring (bicyclic) bond motifs is 1. The van der Waals surface area contributed by atoms with Gasteiger partial charge in [0.15, 0.2) is 12.4 Å². The van der Waals surface area contributed by atoms with E-state index in [-0.39, 0.29) is 23.7 Å². The maximum atomic E-state index is 12.4. The van der Waals surface area contributed by atoms with Gasteiger partial charge in [-0.05, 0) is 30.7 Å². The molecule has 1 amide bonds. The quantitative estimate of drug-likeness (QED) is 0.536. The second-order valence-corrected chi connectivity index (χ2v) is 7.26. The normalized spacial score (nSPS) is 10.9. The fourth-order valence-corrected chi connectivity index (χ4v) is 3.39. The Hall–Kier alpha value is -3.80. The molecular formula is C24H23N3O3. The number of hydrogen-bond donors (Lipinski definition) is 1. The standard InChI is InChI=1S/C24H23N3O3/c1-17-13-22(28)23(15-26(17)2)30-16-24(29)25-20-9-6-10-21-19(20)11-12-27(21)14-18-7-4-3-5-8-18/h3-13,15H,14,16H2,1-2H3,(H,25,29). The topological polar surface area (TPSA) is 65.3 Å². The van der Waals surface area contributed by atoms with E-state index < -0.39 is 0 Å². The maximum absolute atomic E-state index is 12.4. The average molecular weight is 401 g/mol.